The quantitative estimate of drug-likeness (QED) is 0.713. The first-order valence-electron chi connectivity index (χ1n) is 9.82. The van der Waals surface area contributed by atoms with Crippen LogP contribution in [-0.4, -0.2) is 47.8 Å². The number of fused-ring (bicyclic) bond motifs is 1. The van der Waals surface area contributed by atoms with Crippen molar-refractivity contribution in [1.29, 1.82) is 0 Å². The summed E-state index contributed by atoms with van der Waals surface area (Å²) in [7, 11) is 0. The number of nitrogens with one attached hydrogen (secondary N) is 1. The lowest BCUT2D eigenvalue weighted by molar-refractivity contribution is -0.271. The summed E-state index contributed by atoms with van der Waals surface area (Å²) < 4.78 is 57.1. The first-order chi connectivity index (χ1) is 14.0. The minimum atomic E-state index is -4.36. The van der Waals surface area contributed by atoms with Gasteiger partial charge in [-0.25, -0.2) is 4.79 Å². The summed E-state index contributed by atoms with van der Waals surface area (Å²) in [5, 5.41) is 12.3. The van der Waals surface area contributed by atoms with Crippen LogP contribution in [0.3, 0.4) is 0 Å². The molecule has 0 aromatic heterocycles. The second kappa shape index (κ2) is 7.17. The number of carboxylic acids is 1. The van der Waals surface area contributed by atoms with E-state index in [0.717, 1.165) is 0 Å². The molecule has 1 aromatic rings. The Morgan fingerprint density at radius 2 is 1.80 bits per heavy atom. The van der Waals surface area contributed by atoms with Gasteiger partial charge in [0.15, 0.2) is 17.0 Å². The molecule has 10 heteroatoms. The van der Waals surface area contributed by atoms with Crippen LogP contribution in [0.4, 0.5) is 13.2 Å². The number of ether oxygens (including phenoxy) is 3. The Morgan fingerprint density at radius 3 is 2.30 bits per heavy atom. The lowest BCUT2D eigenvalue weighted by Crippen LogP contribution is -2.71. The fourth-order valence-corrected chi connectivity index (χ4v) is 4.76. The molecule has 1 atom stereocenters. The van der Waals surface area contributed by atoms with E-state index in [9.17, 15) is 23.1 Å². The second-order valence-corrected chi connectivity index (χ2v) is 8.89. The summed E-state index contributed by atoms with van der Waals surface area (Å²) >= 11 is 6.22. The van der Waals surface area contributed by atoms with Crippen molar-refractivity contribution in [3.63, 3.8) is 0 Å². The summed E-state index contributed by atoms with van der Waals surface area (Å²) in [5.41, 5.74) is -1.49. The van der Waals surface area contributed by atoms with Gasteiger partial charge in [0.1, 0.15) is 0 Å². The number of rotatable bonds is 4. The third kappa shape index (κ3) is 3.40. The maximum Gasteiger partial charge on any atom is 0.411 e. The molecule has 3 aliphatic rings. The van der Waals surface area contributed by atoms with Crippen LogP contribution in [0.2, 0.25) is 5.02 Å². The maximum absolute atomic E-state index is 13.4. The van der Waals surface area contributed by atoms with Crippen molar-refractivity contribution in [2.45, 2.75) is 63.1 Å². The van der Waals surface area contributed by atoms with E-state index in [1.54, 1.807) is 13.8 Å². The molecule has 1 saturated carbocycles. The van der Waals surface area contributed by atoms with E-state index in [4.69, 9.17) is 25.8 Å². The molecule has 0 radical (unpaired) electrons. The first-order valence-corrected chi connectivity index (χ1v) is 10.2. The smallest absolute Gasteiger partial charge is 0.411 e. The topological polar surface area (TPSA) is 77.0 Å². The molecule has 0 spiro atoms. The van der Waals surface area contributed by atoms with Crippen LogP contribution in [0.5, 0.6) is 11.5 Å². The Morgan fingerprint density at radius 1 is 1.20 bits per heavy atom. The first kappa shape index (κ1) is 21.5. The number of aromatic carboxylic acids is 1. The zero-order valence-electron chi connectivity index (χ0n) is 16.6. The van der Waals surface area contributed by atoms with Crippen molar-refractivity contribution in [2.24, 2.45) is 5.92 Å². The third-order valence-electron chi connectivity index (χ3n) is 6.47. The summed E-state index contributed by atoms with van der Waals surface area (Å²) in [5.74, 6) is -1.62. The van der Waals surface area contributed by atoms with Gasteiger partial charge in [0.05, 0.1) is 23.8 Å². The number of halogens is 4. The van der Waals surface area contributed by atoms with E-state index in [0.29, 0.717) is 42.7 Å². The summed E-state index contributed by atoms with van der Waals surface area (Å²) in [6.45, 7) is 2.67. The second-order valence-electron chi connectivity index (χ2n) is 8.48. The molecule has 0 bridgehead atoms. The Bertz CT molecular complexity index is 865. The van der Waals surface area contributed by atoms with Crippen molar-refractivity contribution in [2.75, 3.05) is 13.2 Å². The number of carbonyl (C=O) groups is 1. The average Bonchev–Trinajstić information content (AvgIpc) is 3.00. The highest BCUT2D eigenvalue weighted by Gasteiger charge is 2.61. The Hall–Kier alpha value is -1.71. The Balaban J connectivity index is 1.44. The van der Waals surface area contributed by atoms with E-state index in [-0.39, 0.29) is 35.8 Å². The standard InChI is InChI=1S/C20H23ClF3NO5/c1-10-13(17(26)27)7-14(21)16-15(10)29-18(2,30-16)11-3-5-12(6-4-11)25-19(8-28-9-19)20(22,23)24/h7,11-12,25H,3-6,8-9H2,1-2H3,(H,26,27). The normalized spacial score (nSPS) is 30.1. The van der Waals surface area contributed by atoms with Gasteiger partial charge in [-0.1, -0.05) is 11.6 Å². The molecule has 0 amide bonds. The molecule has 1 aliphatic carbocycles. The van der Waals surface area contributed by atoms with Gasteiger partial charge >= 0.3 is 12.1 Å². The molecule has 2 aliphatic heterocycles. The highest BCUT2D eigenvalue weighted by molar-refractivity contribution is 6.32. The van der Waals surface area contributed by atoms with Crippen molar-refractivity contribution in [3.8, 4) is 11.5 Å². The molecule has 2 fully saturated rings. The van der Waals surface area contributed by atoms with Crippen LogP contribution in [0.25, 0.3) is 0 Å². The largest absolute Gasteiger partial charge is 0.478 e. The van der Waals surface area contributed by atoms with Gasteiger partial charge in [-0.3, -0.25) is 5.32 Å². The van der Waals surface area contributed by atoms with Crippen LogP contribution in [0.15, 0.2) is 6.07 Å². The minimum absolute atomic E-state index is 0.0414. The van der Waals surface area contributed by atoms with Crippen molar-refractivity contribution in [3.05, 3.63) is 22.2 Å². The number of hydrogen-bond donors (Lipinski definition) is 2. The van der Waals surface area contributed by atoms with Crippen molar-refractivity contribution in [1.82, 2.24) is 5.32 Å². The highest BCUT2D eigenvalue weighted by Crippen LogP contribution is 2.51. The van der Waals surface area contributed by atoms with E-state index in [2.05, 4.69) is 5.32 Å². The molecular formula is C20H23ClF3NO5. The molecule has 1 saturated heterocycles. The molecule has 2 N–H and O–H groups in total. The Kier molecular flexibility index (Phi) is 5.14. The number of carboxylic acid groups (broad SMARTS) is 1. The number of benzene rings is 1. The predicted octanol–water partition coefficient (Wildman–Crippen LogP) is 4.31. The van der Waals surface area contributed by atoms with Crippen molar-refractivity contribution < 1.29 is 37.3 Å². The van der Waals surface area contributed by atoms with Crippen LogP contribution < -0.4 is 14.8 Å². The maximum atomic E-state index is 13.4. The molecule has 6 nitrogen and oxygen atoms in total. The van der Waals surface area contributed by atoms with Gasteiger partial charge in [0.2, 0.25) is 0 Å². The van der Waals surface area contributed by atoms with Crippen LogP contribution >= 0.6 is 11.6 Å². The average molecular weight is 450 g/mol. The lowest BCUT2D eigenvalue weighted by atomic mass is 9.80. The minimum Gasteiger partial charge on any atom is -0.478 e. The molecule has 1 unspecified atom stereocenters. The third-order valence-corrected chi connectivity index (χ3v) is 6.75. The van der Waals surface area contributed by atoms with Crippen LogP contribution in [0.1, 0.15) is 48.5 Å². The van der Waals surface area contributed by atoms with Gasteiger partial charge in [0, 0.05) is 24.4 Å². The fraction of sp³-hybridized carbons (Fsp3) is 0.650. The molecule has 4 rings (SSSR count). The monoisotopic (exact) mass is 449 g/mol. The summed E-state index contributed by atoms with van der Waals surface area (Å²) in [6.07, 6.45) is -2.09. The Labute approximate surface area is 176 Å². The number of alkyl halides is 3. The highest BCUT2D eigenvalue weighted by atomic mass is 35.5. The summed E-state index contributed by atoms with van der Waals surface area (Å²) in [4.78, 5) is 11.4. The van der Waals surface area contributed by atoms with Gasteiger partial charge in [-0.2, -0.15) is 13.2 Å². The van der Waals surface area contributed by atoms with Crippen LogP contribution in [0, 0.1) is 12.8 Å². The molecule has 1 aromatic carbocycles. The zero-order chi connectivity index (χ0) is 21.9. The SMILES string of the molecule is Cc1c(C(=O)O)cc(Cl)c2c1OC(C)(C1CCC(NC3(C(F)(F)F)COC3)CC1)O2. The van der Waals surface area contributed by atoms with E-state index in [1.165, 1.54) is 6.07 Å². The lowest BCUT2D eigenvalue weighted by Gasteiger charge is -2.47. The van der Waals surface area contributed by atoms with Crippen molar-refractivity contribution >= 4 is 17.6 Å². The van der Waals surface area contributed by atoms with Gasteiger partial charge in [-0.15, -0.1) is 0 Å². The van der Waals surface area contributed by atoms with Crippen LogP contribution in [-0.2, 0) is 4.74 Å². The zero-order valence-corrected chi connectivity index (χ0v) is 17.3. The fourth-order valence-electron chi connectivity index (χ4n) is 4.52. The molecule has 30 heavy (non-hydrogen) atoms. The molecule has 166 valence electrons. The molecular weight excluding hydrogens is 427 g/mol. The summed E-state index contributed by atoms with van der Waals surface area (Å²) in [6, 6.07) is 1.06. The van der Waals surface area contributed by atoms with Gasteiger partial charge < -0.3 is 19.3 Å². The predicted molar refractivity (Wildman–Crippen MR) is 101 cm³/mol. The van der Waals surface area contributed by atoms with E-state index in [1.807, 2.05) is 0 Å². The van der Waals surface area contributed by atoms with Gasteiger partial charge in [-0.05, 0) is 38.7 Å². The number of hydrogen-bond acceptors (Lipinski definition) is 5. The van der Waals surface area contributed by atoms with E-state index < -0.39 is 23.5 Å². The van der Waals surface area contributed by atoms with E-state index >= 15 is 0 Å². The molecule has 2 heterocycles. The van der Waals surface area contributed by atoms with Gasteiger partial charge in [0.25, 0.3) is 5.79 Å².